The average molecular weight is 443 g/mol. The van der Waals surface area contributed by atoms with E-state index in [4.69, 9.17) is 4.74 Å². The van der Waals surface area contributed by atoms with Crippen LogP contribution in [0.4, 0.5) is 4.79 Å². The monoisotopic (exact) mass is 442 g/mol. The third kappa shape index (κ3) is 6.02. The molecular weight excluding hydrogens is 408 g/mol. The maximum Gasteiger partial charge on any atom is 0.410 e. The van der Waals surface area contributed by atoms with Crippen molar-refractivity contribution in [3.63, 3.8) is 0 Å². The summed E-state index contributed by atoms with van der Waals surface area (Å²) >= 11 is 0. The zero-order chi connectivity index (χ0) is 23.3. The summed E-state index contributed by atoms with van der Waals surface area (Å²) in [4.78, 5) is 17.8. The van der Waals surface area contributed by atoms with E-state index in [1.807, 2.05) is 43.9 Å². The smallest absolute Gasteiger partial charge is 0.410 e. The first-order valence-electron chi connectivity index (χ1n) is 11.8. The molecule has 1 aliphatic rings. The van der Waals surface area contributed by atoms with Gasteiger partial charge < -0.3 is 9.64 Å². The lowest BCUT2D eigenvalue weighted by atomic mass is 9.83. The van der Waals surface area contributed by atoms with Crippen LogP contribution in [0, 0.1) is 0 Å². The van der Waals surface area contributed by atoms with Gasteiger partial charge >= 0.3 is 6.09 Å². The lowest BCUT2D eigenvalue weighted by molar-refractivity contribution is -0.00511. The summed E-state index contributed by atoms with van der Waals surface area (Å²) in [6.45, 7) is 8.90. The number of hydrogen-bond donors (Lipinski definition) is 0. The molecule has 4 heteroatoms. The molecule has 1 unspecified atom stereocenters. The topological polar surface area (TPSA) is 32.8 Å². The molecule has 1 heterocycles. The van der Waals surface area contributed by atoms with E-state index >= 15 is 0 Å². The van der Waals surface area contributed by atoms with E-state index in [0.29, 0.717) is 6.54 Å². The van der Waals surface area contributed by atoms with E-state index in [-0.39, 0.29) is 18.1 Å². The van der Waals surface area contributed by atoms with Gasteiger partial charge in [0.25, 0.3) is 0 Å². The average Bonchev–Trinajstić information content (AvgIpc) is 2.80. The highest BCUT2D eigenvalue weighted by Gasteiger charge is 2.39. The summed E-state index contributed by atoms with van der Waals surface area (Å²) in [5, 5.41) is 0. The number of amides is 1. The van der Waals surface area contributed by atoms with Crippen LogP contribution in [0.1, 0.15) is 43.4 Å². The van der Waals surface area contributed by atoms with E-state index in [1.165, 1.54) is 16.7 Å². The largest absolute Gasteiger partial charge is 0.444 e. The Morgan fingerprint density at radius 3 is 1.88 bits per heavy atom. The van der Waals surface area contributed by atoms with Gasteiger partial charge in [0.2, 0.25) is 0 Å². The second-order valence-electron chi connectivity index (χ2n) is 9.76. The molecule has 0 saturated carbocycles. The quantitative estimate of drug-likeness (QED) is 0.490. The summed E-state index contributed by atoms with van der Waals surface area (Å²) in [5.41, 5.74) is 3.18. The molecule has 0 aliphatic carbocycles. The predicted molar refractivity (Wildman–Crippen MR) is 133 cm³/mol. The highest BCUT2D eigenvalue weighted by Crippen LogP contribution is 2.34. The van der Waals surface area contributed by atoms with Crippen LogP contribution in [-0.4, -0.2) is 47.2 Å². The van der Waals surface area contributed by atoms with E-state index < -0.39 is 5.60 Å². The molecule has 4 rings (SSSR count). The molecule has 3 aromatic rings. The summed E-state index contributed by atoms with van der Waals surface area (Å²) in [6.07, 6.45) is -0.233. The Morgan fingerprint density at radius 2 is 1.36 bits per heavy atom. The number of piperazine rings is 1. The molecule has 1 atom stereocenters. The second kappa shape index (κ2) is 10.2. The minimum atomic E-state index is -0.530. The minimum absolute atomic E-state index is 0.0397. The predicted octanol–water partition coefficient (Wildman–Crippen LogP) is 5.94. The van der Waals surface area contributed by atoms with Gasteiger partial charge in [-0.3, -0.25) is 4.90 Å². The fourth-order valence-corrected chi connectivity index (χ4v) is 4.64. The summed E-state index contributed by atoms with van der Waals surface area (Å²) in [6, 6.07) is 31.6. The first-order valence-corrected chi connectivity index (χ1v) is 11.8. The number of hydrogen-bond acceptors (Lipinski definition) is 3. The standard InChI is InChI=1S/C29H34N2O2/c1-29(2,3)33-28(32)31-20-19-30(21-23-13-7-4-8-14-23)22-26(31)27(24-15-9-5-10-16-24)25-17-11-6-12-18-25/h4-18,26-27H,19-22H2,1-3H3. The third-order valence-electron chi connectivity index (χ3n) is 6.08. The highest BCUT2D eigenvalue weighted by molar-refractivity contribution is 5.69. The van der Waals surface area contributed by atoms with Crippen LogP contribution in [0.25, 0.3) is 0 Å². The third-order valence-corrected chi connectivity index (χ3v) is 6.08. The van der Waals surface area contributed by atoms with Gasteiger partial charge in [0.1, 0.15) is 5.60 Å². The summed E-state index contributed by atoms with van der Waals surface area (Å²) in [7, 11) is 0. The first-order chi connectivity index (χ1) is 15.9. The number of ether oxygens (including phenoxy) is 1. The Balaban J connectivity index is 1.70. The van der Waals surface area contributed by atoms with Gasteiger partial charge in [-0.25, -0.2) is 4.79 Å². The number of carbonyl (C=O) groups is 1. The number of nitrogens with zero attached hydrogens (tertiary/aromatic N) is 2. The van der Waals surface area contributed by atoms with Gasteiger partial charge in [0.05, 0.1) is 6.04 Å². The van der Waals surface area contributed by atoms with Crippen molar-refractivity contribution in [2.75, 3.05) is 19.6 Å². The van der Waals surface area contributed by atoms with E-state index in [9.17, 15) is 4.79 Å². The van der Waals surface area contributed by atoms with Gasteiger partial charge in [-0.2, -0.15) is 0 Å². The van der Waals surface area contributed by atoms with E-state index in [0.717, 1.165) is 19.6 Å². The van der Waals surface area contributed by atoms with Gasteiger partial charge in [0, 0.05) is 32.1 Å². The lowest BCUT2D eigenvalue weighted by Gasteiger charge is -2.45. The molecule has 1 amide bonds. The van der Waals surface area contributed by atoms with Gasteiger partial charge in [-0.05, 0) is 37.5 Å². The van der Waals surface area contributed by atoms with Gasteiger partial charge in [0.15, 0.2) is 0 Å². The first kappa shape index (κ1) is 23.1. The number of carbonyl (C=O) groups excluding carboxylic acids is 1. The van der Waals surface area contributed by atoms with Crippen LogP contribution < -0.4 is 0 Å². The Kier molecular flexibility index (Phi) is 7.14. The molecule has 1 aliphatic heterocycles. The van der Waals surface area contributed by atoms with Crippen LogP contribution >= 0.6 is 0 Å². The molecule has 0 N–H and O–H groups in total. The molecule has 0 spiro atoms. The molecule has 1 saturated heterocycles. The van der Waals surface area contributed by atoms with Crippen molar-refractivity contribution < 1.29 is 9.53 Å². The summed E-state index contributed by atoms with van der Waals surface area (Å²) < 4.78 is 5.85. The molecule has 3 aromatic carbocycles. The molecule has 4 nitrogen and oxygen atoms in total. The van der Waals surface area contributed by atoms with Crippen LogP contribution in [0.5, 0.6) is 0 Å². The van der Waals surface area contributed by atoms with Crippen molar-refractivity contribution in [1.29, 1.82) is 0 Å². The van der Waals surface area contributed by atoms with Crippen molar-refractivity contribution >= 4 is 6.09 Å². The molecule has 0 radical (unpaired) electrons. The second-order valence-corrected chi connectivity index (χ2v) is 9.76. The Morgan fingerprint density at radius 1 is 0.848 bits per heavy atom. The number of benzene rings is 3. The van der Waals surface area contributed by atoms with Gasteiger partial charge in [-0.1, -0.05) is 91.0 Å². The SMILES string of the molecule is CC(C)(C)OC(=O)N1CCN(Cc2ccccc2)CC1C(c1ccccc1)c1ccccc1. The molecule has 1 fully saturated rings. The normalized spacial score (nSPS) is 17.2. The van der Waals surface area contributed by atoms with Crippen LogP contribution in [-0.2, 0) is 11.3 Å². The number of rotatable bonds is 5. The Labute approximate surface area is 197 Å². The maximum absolute atomic E-state index is 13.3. The zero-order valence-corrected chi connectivity index (χ0v) is 19.9. The van der Waals surface area contributed by atoms with Gasteiger partial charge in [-0.15, -0.1) is 0 Å². The fraction of sp³-hybridized carbons (Fsp3) is 0.345. The molecule has 172 valence electrons. The zero-order valence-electron chi connectivity index (χ0n) is 19.9. The van der Waals surface area contributed by atoms with Crippen molar-refractivity contribution in [2.45, 2.75) is 44.9 Å². The molecule has 33 heavy (non-hydrogen) atoms. The van der Waals surface area contributed by atoms with Crippen LogP contribution in [0.2, 0.25) is 0 Å². The lowest BCUT2D eigenvalue weighted by Crippen LogP contribution is -2.58. The minimum Gasteiger partial charge on any atom is -0.444 e. The highest BCUT2D eigenvalue weighted by atomic mass is 16.6. The van der Waals surface area contributed by atoms with E-state index in [1.54, 1.807) is 0 Å². The summed E-state index contributed by atoms with van der Waals surface area (Å²) in [5.74, 6) is 0.0542. The van der Waals surface area contributed by atoms with Crippen molar-refractivity contribution in [3.05, 3.63) is 108 Å². The molecule has 0 bridgehead atoms. The maximum atomic E-state index is 13.3. The van der Waals surface area contributed by atoms with Crippen molar-refractivity contribution in [1.82, 2.24) is 9.80 Å². The molecule has 0 aromatic heterocycles. The molecular formula is C29H34N2O2. The van der Waals surface area contributed by atoms with Crippen molar-refractivity contribution in [2.24, 2.45) is 0 Å². The Hall–Kier alpha value is -3.11. The van der Waals surface area contributed by atoms with Crippen LogP contribution in [0.15, 0.2) is 91.0 Å². The van der Waals surface area contributed by atoms with E-state index in [2.05, 4.69) is 77.7 Å². The fourth-order valence-electron chi connectivity index (χ4n) is 4.64. The van der Waals surface area contributed by atoms with Crippen LogP contribution in [0.3, 0.4) is 0 Å². The Bertz CT molecular complexity index is 976. The van der Waals surface area contributed by atoms with Crippen molar-refractivity contribution in [3.8, 4) is 0 Å².